The van der Waals surface area contributed by atoms with Crippen LogP contribution in [0.15, 0.2) is 30.3 Å². The predicted octanol–water partition coefficient (Wildman–Crippen LogP) is 1.32. The van der Waals surface area contributed by atoms with Crippen LogP contribution in [-0.4, -0.2) is 28.1 Å². The Kier molecular flexibility index (Phi) is 2.45. The zero-order valence-electron chi connectivity index (χ0n) is 10.1. The summed E-state index contributed by atoms with van der Waals surface area (Å²) in [4.78, 5) is 34.8. The highest BCUT2D eigenvalue weighted by Crippen LogP contribution is 2.33. The molecular formula is C13H9N3O4. The molecule has 0 radical (unpaired) electrons. The molecule has 0 saturated heterocycles. The number of hydrogen-bond donors (Lipinski definition) is 3. The van der Waals surface area contributed by atoms with E-state index in [-0.39, 0.29) is 16.2 Å². The van der Waals surface area contributed by atoms with E-state index in [1.165, 1.54) is 18.2 Å². The molecule has 100 valence electrons. The number of benzene rings is 2. The van der Waals surface area contributed by atoms with Crippen molar-refractivity contribution < 1.29 is 19.6 Å². The Balaban J connectivity index is 2.38. The van der Waals surface area contributed by atoms with E-state index in [4.69, 9.17) is 5.73 Å². The van der Waals surface area contributed by atoms with Gasteiger partial charge >= 0.3 is 6.03 Å². The van der Waals surface area contributed by atoms with Gasteiger partial charge in [0.05, 0.1) is 16.8 Å². The van der Waals surface area contributed by atoms with Gasteiger partial charge in [-0.05, 0) is 18.2 Å². The SMILES string of the molecule is NC(=O)Nc1ccc2c3c(cccc13)C(=O)N(O)C2=O. The van der Waals surface area contributed by atoms with Gasteiger partial charge in [0.25, 0.3) is 11.8 Å². The molecule has 0 unspecified atom stereocenters. The van der Waals surface area contributed by atoms with Crippen LogP contribution in [0, 0.1) is 0 Å². The van der Waals surface area contributed by atoms with Gasteiger partial charge in [-0.15, -0.1) is 5.06 Å². The number of primary amides is 1. The maximum Gasteiger partial charge on any atom is 0.316 e. The highest BCUT2D eigenvalue weighted by Gasteiger charge is 2.32. The number of nitrogens with zero attached hydrogens (tertiary/aromatic N) is 1. The molecule has 0 atom stereocenters. The van der Waals surface area contributed by atoms with E-state index in [9.17, 15) is 19.6 Å². The van der Waals surface area contributed by atoms with Gasteiger partial charge in [-0.1, -0.05) is 12.1 Å². The molecule has 20 heavy (non-hydrogen) atoms. The first-order chi connectivity index (χ1) is 9.50. The third-order valence-corrected chi connectivity index (χ3v) is 3.14. The third-order valence-electron chi connectivity index (χ3n) is 3.14. The van der Waals surface area contributed by atoms with Crippen LogP contribution in [0.5, 0.6) is 0 Å². The Labute approximate surface area is 112 Å². The molecule has 3 rings (SSSR count). The highest BCUT2D eigenvalue weighted by atomic mass is 16.5. The van der Waals surface area contributed by atoms with Crippen molar-refractivity contribution >= 4 is 34.3 Å². The smallest absolute Gasteiger partial charge is 0.316 e. The minimum absolute atomic E-state index is 0.0816. The molecule has 4 amide bonds. The molecule has 1 aliphatic rings. The lowest BCUT2D eigenvalue weighted by atomic mass is 9.94. The lowest BCUT2D eigenvalue weighted by Gasteiger charge is -2.22. The molecule has 0 spiro atoms. The maximum absolute atomic E-state index is 11.9. The van der Waals surface area contributed by atoms with Crippen LogP contribution >= 0.6 is 0 Å². The minimum atomic E-state index is -0.802. The largest absolute Gasteiger partial charge is 0.351 e. The molecule has 1 heterocycles. The van der Waals surface area contributed by atoms with Crippen LogP contribution in [0.25, 0.3) is 10.8 Å². The summed E-state index contributed by atoms with van der Waals surface area (Å²) in [5, 5.41) is 12.9. The number of rotatable bonds is 1. The normalized spacial score (nSPS) is 13.8. The van der Waals surface area contributed by atoms with Crippen molar-refractivity contribution in [1.29, 1.82) is 0 Å². The predicted molar refractivity (Wildman–Crippen MR) is 69.4 cm³/mol. The summed E-state index contributed by atoms with van der Waals surface area (Å²) in [5.74, 6) is -1.60. The summed E-state index contributed by atoms with van der Waals surface area (Å²) in [6.45, 7) is 0. The van der Waals surface area contributed by atoms with Crippen LogP contribution in [-0.2, 0) is 0 Å². The van der Waals surface area contributed by atoms with E-state index in [0.717, 1.165) is 0 Å². The molecule has 0 bridgehead atoms. The summed E-state index contributed by atoms with van der Waals surface area (Å²) in [6.07, 6.45) is 0. The lowest BCUT2D eigenvalue weighted by molar-refractivity contribution is -0.0377. The first-order valence-electron chi connectivity index (χ1n) is 5.70. The van der Waals surface area contributed by atoms with Gasteiger partial charge in [-0.2, -0.15) is 0 Å². The van der Waals surface area contributed by atoms with Crippen molar-refractivity contribution in [2.75, 3.05) is 5.32 Å². The second-order valence-electron chi connectivity index (χ2n) is 4.30. The van der Waals surface area contributed by atoms with E-state index in [1.54, 1.807) is 12.1 Å². The maximum atomic E-state index is 11.9. The number of imide groups is 1. The number of anilines is 1. The van der Waals surface area contributed by atoms with Gasteiger partial charge in [0.1, 0.15) is 0 Å². The summed E-state index contributed by atoms with van der Waals surface area (Å²) in [7, 11) is 0. The van der Waals surface area contributed by atoms with Crippen molar-refractivity contribution in [2.24, 2.45) is 5.73 Å². The Morgan fingerprint density at radius 3 is 2.40 bits per heavy atom. The number of carbonyl (C=O) groups is 3. The van der Waals surface area contributed by atoms with Gasteiger partial charge < -0.3 is 11.1 Å². The van der Waals surface area contributed by atoms with Crippen molar-refractivity contribution in [3.63, 3.8) is 0 Å². The Hall–Kier alpha value is -2.93. The number of amides is 4. The molecule has 0 saturated carbocycles. The van der Waals surface area contributed by atoms with E-state index < -0.39 is 17.8 Å². The molecule has 1 aliphatic heterocycles. The number of nitrogens with one attached hydrogen (secondary N) is 1. The molecule has 2 aromatic carbocycles. The summed E-state index contributed by atoms with van der Waals surface area (Å²) in [5.41, 5.74) is 5.85. The molecule has 2 aromatic rings. The van der Waals surface area contributed by atoms with Crippen molar-refractivity contribution in [3.05, 3.63) is 41.5 Å². The summed E-state index contributed by atoms with van der Waals surface area (Å²) >= 11 is 0. The number of urea groups is 1. The minimum Gasteiger partial charge on any atom is -0.351 e. The quantitative estimate of drug-likeness (QED) is 0.536. The van der Waals surface area contributed by atoms with Crippen LogP contribution in [0.4, 0.5) is 10.5 Å². The average molecular weight is 271 g/mol. The summed E-state index contributed by atoms with van der Waals surface area (Å²) in [6, 6.07) is 6.92. The number of hydrogen-bond acceptors (Lipinski definition) is 4. The molecule has 7 nitrogen and oxygen atoms in total. The van der Waals surface area contributed by atoms with Gasteiger partial charge in [0.15, 0.2) is 0 Å². The Morgan fingerprint density at radius 1 is 1.10 bits per heavy atom. The van der Waals surface area contributed by atoms with E-state index in [0.29, 0.717) is 16.5 Å². The van der Waals surface area contributed by atoms with Crippen LogP contribution in [0.3, 0.4) is 0 Å². The van der Waals surface area contributed by atoms with E-state index >= 15 is 0 Å². The van der Waals surface area contributed by atoms with Crippen molar-refractivity contribution in [1.82, 2.24) is 5.06 Å². The molecular weight excluding hydrogens is 262 g/mol. The van der Waals surface area contributed by atoms with Gasteiger partial charge in [0.2, 0.25) is 0 Å². The van der Waals surface area contributed by atoms with Gasteiger partial charge in [0, 0.05) is 10.8 Å². The average Bonchev–Trinajstić information content (AvgIpc) is 2.43. The van der Waals surface area contributed by atoms with Crippen LogP contribution < -0.4 is 11.1 Å². The fourth-order valence-electron chi connectivity index (χ4n) is 2.33. The Bertz CT molecular complexity index is 762. The standard InChI is InChI=1S/C13H9N3O4/c14-13(19)15-9-5-4-8-10-6(9)2-1-3-7(10)11(17)16(20)12(8)18/h1-5,20H,(H3,14,15,19). The third kappa shape index (κ3) is 1.54. The fraction of sp³-hybridized carbons (Fsp3) is 0. The zero-order chi connectivity index (χ0) is 14.4. The zero-order valence-corrected chi connectivity index (χ0v) is 10.1. The molecule has 7 heteroatoms. The topological polar surface area (TPSA) is 113 Å². The molecule has 4 N–H and O–H groups in total. The first kappa shape index (κ1) is 12.1. The van der Waals surface area contributed by atoms with Gasteiger partial charge in [-0.3, -0.25) is 14.8 Å². The van der Waals surface area contributed by atoms with Crippen molar-refractivity contribution in [2.45, 2.75) is 0 Å². The highest BCUT2D eigenvalue weighted by molar-refractivity contribution is 6.26. The first-order valence-corrected chi connectivity index (χ1v) is 5.70. The number of nitrogens with two attached hydrogens (primary N) is 1. The van der Waals surface area contributed by atoms with Crippen LogP contribution in [0.1, 0.15) is 20.7 Å². The van der Waals surface area contributed by atoms with E-state index in [2.05, 4.69) is 5.32 Å². The second-order valence-corrected chi connectivity index (χ2v) is 4.30. The number of carbonyl (C=O) groups excluding carboxylic acids is 3. The Morgan fingerprint density at radius 2 is 1.75 bits per heavy atom. The molecule has 0 aromatic heterocycles. The molecule has 0 fully saturated rings. The lowest BCUT2D eigenvalue weighted by Crippen LogP contribution is -2.37. The van der Waals surface area contributed by atoms with Crippen molar-refractivity contribution in [3.8, 4) is 0 Å². The van der Waals surface area contributed by atoms with Crippen LogP contribution in [0.2, 0.25) is 0 Å². The number of hydroxylamine groups is 2. The monoisotopic (exact) mass is 271 g/mol. The molecule has 0 aliphatic carbocycles. The fourth-order valence-corrected chi connectivity index (χ4v) is 2.33. The second kappa shape index (κ2) is 4.04. The van der Waals surface area contributed by atoms with E-state index in [1.807, 2.05) is 0 Å². The van der Waals surface area contributed by atoms with Gasteiger partial charge in [-0.25, -0.2) is 4.79 Å². The summed E-state index contributed by atoms with van der Waals surface area (Å²) < 4.78 is 0.